The fourth-order valence-corrected chi connectivity index (χ4v) is 2.40. The van der Waals surface area contributed by atoms with E-state index in [4.69, 9.17) is 0 Å². The van der Waals surface area contributed by atoms with Crippen molar-refractivity contribution in [1.82, 2.24) is 0 Å². The summed E-state index contributed by atoms with van der Waals surface area (Å²) < 4.78 is -1.15. The minimum absolute atomic E-state index is 0.190. The Balaban J connectivity index is 2.46. The van der Waals surface area contributed by atoms with Crippen molar-refractivity contribution in [3.63, 3.8) is 0 Å². The molecule has 0 N–H and O–H groups in total. The molecule has 1 unspecified atom stereocenters. The zero-order valence-electron chi connectivity index (χ0n) is 9.55. The average Bonchev–Trinajstić information content (AvgIpc) is 2.47. The topological polar surface area (TPSA) is 34.1 Å². The summed E-state index contributed by atoms with van der Waals surface area (Å²) in [6.45, 7) is 0. The second-order valence-electron chi connectivity index (χ2n) is 3.89. The number of ketones is 1. The first-order valence-electron chi connectivity index (χ1n) is 5.49. The van der Waals surface area contributed by atoms with E-state index in [9.17, 15) is 9.59 Å². The van der Waals surface area contributed by atoms with Crippen molar-refractivity contribution in [2.75, 3.05) is 0 Å². The Kier molecular flexibility index (Phi) is 3.91. The van der Waals surface area contributed by atoms with Gasteiger partial charge in [0.25, 0.3) is 0 Å². The van der Waals surface area contributed by atoms with Crippen LogP contribution in [0.2, 0.25) is 0 Å². The lowest BCUT2D eigenvalue weighted by molar-refractivity contribution is -0.108. The molecule has 0 fully saturated rings. The van der Waals surface area contributed by atoms with Gasteiger partial charge in [-0.3, -0.25) is 4.79 Å². The Hall–Kier alpha value is -1.49. The zero-order chi connectivity index (χ0) is 13.0. The van der Waals surface area contributed by atoms with E-state index < -0.39 is 3.42 Å². The Bertz CT molecular complexity index is 551. The van der Waals surface area contributed by atoms with Crippen LogP contribution in [0.15, 0.2) is 60.7 Å². The number of rotatable bonds is 4. The van der Waals surface area contributed by atoms with E-state index >= 15 is 0 Å². The van der Waals surface area contributed by atoms with Crippen LogP contribution in [-0.4, -0.2) is 12.1 Å². The van der Waals surface area contributed by atoms with Gasteiger partial charge in [-0.1, -0.05) is 83.3 Å². The smallest absolute Gasteiger partial charge is 0.190 e. The number of alkyl halides is 1. The summed E-state index contributed by atoms with van der Waals surface area (Å²) in [6.07, 6.45) is 0.707. The third kappa shape index (κ3) is 2.36. The van der Waals surface area contributed by atoms with Crippen LogP contribution in [0.3, 0.4) is 0 Å². The van der Waals surface area contributed by atoms with Gasteiger partial charge >= 0.3 is 0 Å². The van der Waals surface area contributed by atoms with Gasteiger partial charge in [0.05, 0.1) is 0 Å². The van der Waals surface area contributed by atoms with E-state index in [2.05, 4.69) is 0 Å². The molecule has 0 spiro atoms. The quantitative estimate of drug-likeness (QED) is 0.279. The van der Waals surface area contributed by atoms with Gasteiger partial charge in [0.15, 0.2) is 9.20 Å². The molecule has 1 atom stereocenters. The first-order chi connectivity index (χ1) is 8.68. The highest BCUT2D eigenvalue weighted by atomic mass is 127. The van der Waals surface area contributed by atoms with Gasteiger partial charge in [-0.2, -0.15) is 0 Å². The summed E-state index contributed by atoms with van der Waals surface area (Å²) in [5, 5.41) is 0. The molecule has 3 heteroatoms. The molecule has 0 aliphatic rings. The summed E-state index contributed by atoms with van der Waals surface area (Å²) >= 11 is 1.92. The molecular formula is C15H11IO2. The molecule has 0 saturated carbocycles. The van der Waals surface area contributed by atoms with Crippen molar-refractivity contribution >= 4 is 34.7 Å². The maximum absolute atomic E-state index is 12.5. The monoisotopic (exact) mass is 350 g/mol. The molecule has 0 heterocycles. The molecule has 2 aromatic rings. The van der Waals surface area contributed by atoms with Crippen LogP contribution in [0.5, 0.6) is 0 Å². The van der Waals surface area contributed by atoms with Gasteiger partial charge < -0.3 is 4.79 Å². The highest BCUT2D eigenvalue weighted by Crippen LogP contribution is 2.33. The van der Waals surface area contributed by atoms with Crippen LogP contribution in [0.25, 0.3) is 0 Å². The average molecular weight is 350 g/mol. The van der Waals surface area contributed by atoms with Crippen molar-refractivity contribution in [2.24, 2.45) is 0 Å². The molecule has 18 heavy (non-hydrogen) atoms. The first kappa shape index (κ1) is 13.0. The van der Waals surface area contributed by atoms with Crippen LogP contribution in [-0.2, 0) is 8.22 Å². The largest absolute Gasteiger partial charge is 0.301 e. The summed E-state index contributed by atoms with van der Waals surface area (Å²) in [5.41, 5.74) is 1.25. The number of carbonyl (C=O) groups is 2. The highest BCUT2D eigenvalue weighted by molar-refractivity contribution is 14.1. The maximum atomic E-state index is 12.5. The van der Waals surface area contributed by atoms with E-state index in [1.165, 1.54) is 0 Å². The SMILES string of the molecule is O=CC(I)(C(=O)c1ccccc1)c1ccccc1. The number of hydrogen-bond acceptors (Lipinski definition) is 2. The number of halogens is 1. The summed E-state index contributed by atoms with van der Waals surface area (Å²) in [6, 6.07) is 18.0. The molecule has 0 saturated heterocycles. The van der Waals surface area contributed by atoms with Gasteiger partial charge in [0, 0.05) is 5.56 Å². The number of aldehydes is 1. The van der Waals surface area contributed by atoms with Crippen molar-refractivity contribution in [2.45, 2.75) is 3.42 Å². The van der Waals surface area contributed by atoms with E-state index in [1.54, 1.807) is 36.4 Å². The van der Waals surface area contributed by atoms with Crippen molar-refractivity contribution < 1.29 is 9.59 Å². The summed E-state index contributed by atoms with van der Waals surface area (Å²) in [7, 11) is 0. The van der Waals surface area contributed by atoms with Crippen molar-refractivity contribution in [3.05, 3.63) is 71.8 Å². The zero-order valence-corrected chi connectivity index (χ0v) is 11.7. The minimum atomic E-state index is -1.15. The lowest BCUT2D eigenvalue weighted by atomic mass is 9.92. The van der Waals surface area contributed by atoms with Crippen molar-refractivity contribution in [1.29, 1.82) is 0 Å². The van der Waals surface area contributed by atoms with Gasteiger partial charge in [0.1, 0.15) is 6.29 Å². The number of carbonyl (C=O) groups excluding carboxylic acids is 2. The first-order valence-corrected chi connectivity index (χ1v) is 6.57. The van der Waals surface area contributed by atoms with Gasteiger partial charge in [0.2, 0.25) is 0 Å². The molecule has 0 amide bonds. The lowest BCUT2D eigenvalue weighted by Crippen LogP contribution is -2.30. The normalized spacial score (nSPS) is 13.6. The van der Waals surface area contributed by atoms with E-state index in [0.29, 0.717) is 17.4 Å². The lowest BCUT2D eigenvalue weighted by Gasteiger charge is -2.20. The third-order valence-corrected chi connectivity index (χ3v) is 4.09. The second kappa shape index (κ2) is 5.44. The molecule has 2 nitrogen and oxygen atoms in total. The fraction of sp³-hybridized carbons (Fsp3) is 0.0667. The van der Waals surface area contributed by atoms with Crippen LogP contribution >= 0.6 is 22.6 Å². The van der Waals surface area contributed by atoms with Gasteiger partial charge in [-0.05, 0) is 5.56 Å². The maximum Gasteiger partial charge on any atom is 0.190 e. The molecule has 0 radical (unpaired) electrons. The summed E-state index contributed by atoms with van der Waals surface area (Å²) in [5.74, 6) is -0.190. The highest BCUT2D eigenvalue weighted by Gasteiger charge is 2.37. The molecule has 0 bridgehead atoms. The van der Waals surface area contributed by atoms with E-state index in [1.807, 2.05) is 46.9 Å². The number of benzene rings is 2. The Morgan fingerprint density at radius 1 is 0.944 bits per heavy atom. The minimum Gasteiger partial charge on any atom is -0.301 e. The predicted molar refractivity (Wildman–Crippen MR) is 79.0 cm³/mol. The third-order valence-electron chi connectivity index (χ3n) is 2.72. The number of hydrogen-bond donors (Lipinski definition) is 0. The Labute approximate surface area is 119 Å². The fourth-order valence-electron chi connectivity index (χ4n) is 1.73. The van der Waals surface area contributed by atoms with Crippen LogP contribution in [0.4, 0.5) is 0 Å². The van der Waals surface area contributed by atoms with Gasteiger partial charge in [-0.25, -0.2) is 0 Å². The summed E-state index contributed by atoms with van der Waals surface area (Å²) in [4.78, 5) is 23.9. The van der Waals surface area contributed by atoms with E-state index in [0.717, 1.165) is 0 Å². The molecule has 2 rings (SSSR count). The van der Waals surface area contributed by atoms with Crippen LogP contribution in [0.1, 0.15) is 15.9 Å². The van der Waals surface area contributed by atoms with Gasteiger partial charge in [-0.15, -0.1) is 0 Å². The number of Topliss-reactive ketones (excluding diaryl/α,β-unsaturated/α-hetero) is 1. The van der Waals surface area contributed by atoms with Crippen molar-refractivity contribution in [3.8, 4) is 0 Å². The molecule has 90 valence electrons. The molecule has 0 aliphatic carbocycles. The van der Waals surface area contributed by atoms with E-state index in [-0.39, 0.29) is 5.78 Å². The van der Waals surface area contributed by atoms with Crippen LogP contribution < -0.4 is 0 Å². The predicted octanol–water partition coefficient (Wildman–Crippen LogP) is 3.40. The Morgan fingerprint density at radius 3 is 1.94 bits per heavy atom. The molecule has 2 aromatic carbocycles. The molecule has 0 aliphatic heterocycles. The molecular weight excluding hydrogens is 339 g/mol. The van der Waals surface area contributed by atoms with Crippen LogP contribution in [0, 0.1) is 0 Å². The molecule has 0 aromatic heterocycles. The standard InChI is InChI=1S/C15H11IO2/c16-15(11-17,13-9-5-2-6-10-13)14(18)12-7-3-1-4-8-12/h1-11H. The second-order valence-corrected chi connectivity index (χ2v) is 5.59. The Morgan fingerprint density at radius 2 is 1.44 bits per heavy atom.